The molecule has 3 nitrogen and oxygen atoms in total. The van der Waals surface area contributed by atoms with Crippen LogP contribution in [-0.4, -0.2) is 24.2 Å². The van der Waals surface area contributed by atoms with Gasteiger partial charge < -0.3 is 4.43 Å². The molecule has 1 fully saturated rings. The van der Waals surface area contributed by atoms with E-state index in [1.165, 1.54) is 12.8 Å². The summed E-state index contributed by atoms with van der Waals surface area (Å²) in [5, 5.41) is 4.72. The Bertz CT molecular complexity index is 445. The summed E-state index contributed by atoms with van der Waals surface area (Å²) >= 11 is 3.47. The van der Waals surface area contributed by atoms with Crippen LogP contribution in [-0.2, 0) is 4.43 Å². The van der Waals surface area contributed by atoms with Crippen LogP contribution in [0.3, 0.4) is 0 Å². The molecule has 0 unspecified atom stereocenters. The molecule has 0 aromatic carbocycles. The maximum absolute atomic E-state index is 6.53. The molecule has 5 heteroatoms. The van der Waals surface area contributed by atoms with E-state index in [9.17, 15) is 0 Å². The highest BCUT2D eigenvalue weighted by Crippen LogP contribution is 2.40. The van der Waals surface area contributed by atoms with Crippen LogP contribution in [0.5, 0.6) is 0 Å². The predicted molar refractivity (Wildman–Crippen MR) is 89.5 cm³/mol. The first kappa shape index (κ1) is 16.2. The first-order valence-corrected chi connectivity index (χ1v) is 11.3. The molecule has 114 valence electrons. The second kappa shape index (κ2) is 5.93. The third kappa shape index (κ3) is 3.74. The molecule has 1 saturated carbocycles. The zero-order valence-electron chi connectivity index (χ0n) is 13.3. The van der Waals surface area contributed by atoms with Gasteiger partial charge in [0.15, 0.2) is 8.32 Å². The zero-order chi connectivity index (χ0) is 15.0. The van der Waals surface area contributed by atoms with Crippen LogP contribution in [0, 0.1) is 0 Å². The predicted octanol–water partition coefficient (Wildman–Crippen LogP) is 5.15. The molecule has 20 heavy (non-hydrogen) atoms. The lowest BCUT2D eigenvalue weighted by atomic mass is 9.93. The molecular formula is C15H27BrN2OSi. The molecule has 0 atom stereocenters. The SMILES string of the molecule is CC(C)(C)[Si](C)(C)OC1CCC(n2cc(Br)cn2)CC1. The van der Waals surface area contributed by atoms with E-state index in [0.29, 0.717) is 17.2 Å². The molecular weight excluding hydrogens is 332 g/mol. The van der Waals surface area contributed by atoms with E-state index in [1.807, 2.05) is 6.20 Å². The molecule has 0 spiro atoms. The molecule has 0 amide bonds. The lowest BCUT2D eigenvalue weighted by Gasteiger charge is -2.41. The van der Waals surface area contributed by atoms with Gasteiger partial charge in [0.1, 0.15) is 0 Å². The standard InChI is InChI=1S/C15H27BrN2OSi/c1-15(2,3)20(4,5)19-14-8-6-13(7-9-14)18-11-12(16)10-17-18/h10-11,13-14H,6-9H2,1-5H3. The highest BCUT2D eigenvalue weighted by atomic mass is 79.9. The fourth-order valence-corrected chi connectivity index (χ4v) is 4.26. The first-order chi connectivity index (χ1) is 9.19. The Kier molecular flexibility index (Phi) is 4.82. The van der Waals surface area contributed by atoms with Crippen molar-refractivity contribution in [3.05, 3.63) is 16.9 Å². The van der Waals surface area contributed by atoms with Crippen LogP contribution >= 0.6 is 15.9 Å². The van der Waals surface area contributed by atoms with Gasteiger partial charge in [-0.2, -0.15) is 5.10 Å². The molecule has 0 aliphatic heterocycles. The van der Waals surface area contributed by atoms with Crippen LogP contribution in [0.2, 0.25) is 18.1 Å². The van der Waals surface area contributed by atoms with Gasteiger partial charge in [0.25, 0.3) is 0 Å². The summed E-state index contributed by atoms with van der Waals surface area (Å²) in [6, 6.07) is 0.542. The summed E-state index contributed by atoms with van der Waals surface area (Å²) in [6.45, 7) is 11.6. The van der Waals surface area contributed by atoms with Crippen molar-refractivity contribution in [1.29, 1.82) is 0 Å². The Morgan fingerprint density at radius 3 is 2.30 bits per heavy atom. The summed E-state index contributed by atoms with van der Waals surface area (Å²) in [4.78, 5) is 0. The van der Waals surface area contributed by atoms with Gasteiger partial charge in [-0.1, -0.05) is 20.8 Å². The van der Waals surface area contributed by atoms with Crippen LogP contribution in [0.1, 0.15) is 52.5 Å². The third-order valence-electron chi connectivity index (χ3n) is 4.86. The van der Waals surface area contributed by atoms with Gasteiger partial charge in [-0.3, -0.25) is 4.68 Å². The van der Waals surface area contributed by atoms with Crippen molar-refractivity contribution in [3.8, 4) is 0 Å². The van der Waals surface area contributed by atoms with E-state index < -0.39 is 8.32 Å². The normalized spacial score (nSPS) is 24.9. The van der Waals surface area contributed by atoms with Crippen LogP contribution in [0.4, 0.5) is 0 Å². The molecule has 0 radical (unpaired) electrons. The van der Waals surface area contributed by atoms with E-state index in [4.69, 9.17) is 4.43 Å². The van der Waals surface area contributed by atoms with E-state index in [0.717, 1.165) is 17.3 Å². The van der Waals surface area contributed by atoms with Crippen LogP contribution < -0.4 is 0 Å². The largest absolute Gasteiger partial charge is 0.414 e. The molecule has 1 aliphatic carbocycles. The van der Waals surface area contributed by atoms with Crippen molar-refractivity contribution in [2.75, 3.05) is 0 Å². The topological polar surface area (TPSA) is 27.1 Å². The molecule has 1 aromatic rings. The molecule has 1 aromatic heterocycles. The first-order valence-electron chi connectivity index (χ1n) is 7.56. The van der Waals surface area contributed by atoms with Gasteiger partial charge in [-0.25, -0.2) is 0 Å². The molecule has 1 aliphatic rings. The smallest absolute Gasteiger partial charge is 0.192 e. The summed E-state index contributed by atoms with van der Waals surface area (Å²) < 4.78 is 9.70. The zero-order valence-corrected chi connectivity index (χ0v) is 15.9. The number of nitrogens with zero attached hydrogens (tertiary/aromatic N) is 2. The Morgan fingerprint density at radius 2 is 1.85 bits per heavy atom. The van der Waals surface area contributed by atoms with Gasteiger partial charge >= 0.3 is 0 Å². The fourth-order valence-electron chi connectivity index (χ4n) is 2.54. The summed E-state index contributed by atoms with van der Waals surface area (Å²) in [7, 11) is -1.62. The van der Waals surface area contributed by atoms with Crippen molar-refractivity contribution in [2.24, 2.45) is 0 Å². The highest BCUT2D eigenvalue weighted by Gasteiger charge is 2.39. The number of halogens is 1. The van der Waals surface area contributed by atoms with Gasteiger partial charge in [-0.15, -0.1) is 0 Å². The molecule has 2 rings (SSSR count). The Morgan fingerprint density at radius 1 is 1.25 bits per heavy atom. The quantitative estimate of drug-likeness (QED) is 0.698. The number of rotatable bonds is 3. The summed E-state index contributed by atoms with van der Waals surface area (Å²) in [5.74, 6) is 0. The van der Waals surface area contributed by atoms with Crippen molar-refractivity contribution in [2.45, 2.75) is 76.7 Å². The maximum atomic E-state index is 6.53. The Labute approximate surface area is 132 Å². The molecule has 0 N–H and O–H groups in total. The van der Waals surface area contributed by atoms with Crippen molar-refractivity contribution in [3.63, 3.8) is 0 Å². The molecule has 0 bridgehead atoms. The minimum atomic E-state index is -1.62. The monoisotopic (exact) mass is 358 g/mol. The highest BCUT2D eigenvalue weighted by molar-refractivity contribution is 9.10. The summed E-state index contributed by atoms with van der Waals surface area (Å²) in [6.07, 6.45) is 9.08. The van der Waals surface area contributed by atoms with Crippen molar-refractivity contribution < 1.29 is 4.43 Å². The van der Waals surface area contributed by atoms with Crippen LogP contribution in [0.15, 0.2) is 16.9 Å². The maximum Gasteiger partial charge on any atom is 0.192 e. The number of hydrogen-bond donors (Lipinski definition) is 0. The van der Waals surface area contributed by atoms with Gasteiger partial charge in [0.05, 0.1) is 16.7 Å². The lowest BCUT2D eigenvalue weighted by Crippen LogP contribution is -2.44. The van der Waals surface area contributed by atoms with Crippen molar-refractivity contribution >= 4 is 24.2 Å². The Balaban J connectivity index is 1.89. The van der Waals surface area contributed by atoms with E-state index in [2.05, 4.69) is 65.8 Å². The lowest BCUT2D eigenvalue weighted by molar-refractivity contribution is 0.115. The molecule has 0 saturated heterocycles. The second-order valence-electron chi connectivity index (χ2n) is 7.45. The number of aromatic nitrogens is 2. The minimum Gasteiger partial charge on any atom is -0.414 e. The van der Waals surface area contributed by atoms with Gasteiger partial charge in [-0.05, 0) is 59.7 Å². The minimum absolute atomic E-state index is 0.302. The van der Waals surface area contributed by atoms with Gasteiger partial charge in [0.2, 0.25) is 0 Å². The van der Waals surface area contributed by atoms with E-state index >= 15 is 0 Å². The Hall–Kier alpha value is -0.133. The van der Waals surface area contributed by atoms with E-state index in [-0.39, 0.29) is 0 Å². The van der Waals surface area contributed by atoms with Gasteiger partial charge in [0, 0.05) is 12.3 Å². The third-order valence-corrected chi connectivity index (χ3v) is 9.80. The second-order valence-corrected chi connectivity index (χ2v) is 13.1. The fraction of sp³-hybridized carbons (Fsp3) is 0.800. The average molecular weight is 359 g/mol. The average Bonchev–Trinajstić information content (AvgIpc) is 2.75. The number of hydrogen-bond acceptors (Lipinski definition) is 2. The summed E-state index contributed by atoms with van der Waals surface area (Å²) in [5.41, 5.74) is 0. The van der Waals surface area contributed by atoms with Crippen LogP contribution in [0.25, 0.3) is 0 Å². The van der Waals surface area contributed by atoms with Crippen molar-refractivity contribution in [1.82, 2.24) is 9.78 Å². The van der Waals surface area contributed by atoms with E-state index in [1.54, 1.807) is 0 Å². The molecule has 1 heterocycles.